The molecule has 4 heteroatoms. The zero-order valence-corrected chi connectivity index (χ0v) is 11.3. The summed E-state index contributed by atoms with van der Waals surface area (Å²) in [5.41, 5.74) is 8.07. The van der Waals surface area contributed by atoms with Crippen molar-refractivity contribution >= 4 is 27.9 Å². The molecule has 0 saturated carbocycles. The number of hydrogen-bond acceptors (Lipinski definition) is 3. The molecule has 90 valence electrons. The lowest BCUT2D eigenvalue weighted by molar-refractivity contribution is 0.928. The van der Waals surface area contributed by atoms with Crippen molar-refractivity contribution in [3.05, 3.63) is 51.9 Å². The summed E-state index contributed by atoms with van der Waals surface area (Å²) in [6.45, 7) is 1.45. The second-order valence-electron chi connectivity index (χ2n) is 3.96. The molecule has 1 aromatic heterocycles. The monoisotopic (exact) mass is 266 g/mol. The third kappa shape index (κ3) is 3.22. The Bertz CT molecular complexity index is 496. The van der Waals surface area contributed by atoms with Crippen LogP contribution in [-0.2, 0) is 13.1 Å². The van der Waals surface area contributed by atoms with E-state index in [9.17, 15) is 0 Å². The van der Waals surface area contributed by atoms with Gasteiger partial charge in [-0.15, -0.1) is 11.3 Å². The maximum atomic E-state index is 5.93. The molecule has 0 spiro atoms. The van der Waals surface area contributed by atoms with Crippen molar-refractivity contribution in [3.8, 4) is 0 Å². The van der Waals surface area contributed by atoms with Gasteiger partial charge < -0.3 is 10.6 Å². The number of halogens is 1. The lowest BCUT2D eigenvalue weighted by Crippen LogP contribution is -2.15. The molecule has 2 aromatic rings. The van der Waals surface area contributed by atoms with E-state index in [4.69, 9.17) is 17.3 Å². The van der Waals surface area contributed by atoms with Gasteiger partial charge in [0.05, 0.1) is 9.34 Å². The van der Waals surface area contributed by atoms with Gasteiger partial charge in [-0.05, 0) is 23.3 Å². The number of nitrogens with two attached hydrogens (primary N) is 1. The first-order chi connectivity index (χ1) is 8.19. The summed E-state index contributed by atoms with van der Waals surface area (Å²) in [4.78, 5) is 2.19. The molecule has 0 radical (unpaired) electrons. The summed E-state index contributed by atoms with van der Waals surface area (Å²) < 4.78 is 0.822. The molecule has 0 aliphatic rings. The Morgan fingerprint density at radius 1 is 1.24 bits per heavy atom. The molecule has 0 unspecified atom stereocenters. The Balaban J connectivity index is 2.09. The molecule has 1 aromatic carbocycles. The molecule has 2 rings (SSSR count). The van der Waals surface area contributed by atoms with Gasteiger partial charge in [-0.25, -0.2) is 0 Å². The van der Waals surface area contributed by atoms with E-state index in [1.54, 1.807) is 11.3 Å². The van der Waals surface area contributed by atoms with Crippen molar-refractivity contribution in [2.75, 3.05) is 11.9 Å². The quantitative estimate of drug-likeness (QED) is 0.918. The largest absolute Gasteiger partial charge is 0.362 e. The molecule has 17 heavy (non-hydrogen) atoms. The Kier molecular flexibility index (Phi) is 4.05. The van der Waals surface area contributed by atoms with Crippen LogP contribution in [0.3, 0.4) is 0 Å². The molecule has 0 saturated heterocycles. The van der Waals surface area contributed by atoms with Crippen LogP contribution in [-0.4, -0.2) is 7.05 Å². The fourth-order valence-electron chi connectivity index (χ4n) is 1.72. The zero-order chi connectivity index (χ0) is 12.3. The van der Waals surface area contributed by atoms with Crippen molar-refractivity contribution in [2.24, 2.45) is 5.73 Å². The topological polar surface area (TPSA) is 29.3 Å². The Morgan fingerprint density at radius 3 is 2.65 bits per heavy atom. The van der Waals surface area contributed by atoms with Crippen LogP contribution in [0.15, 0.2) is 36.4 Å². The number of anilines is 1. The minimum absolute atomic E-state index is 0.586. The van der Waals surface area contributed by atoms with Crippen LogP contribution in [0.25, 0.3) is 0 Å². The van der Waals surface area contributed by atoms with Gasteiger partial charge in [0.1, 0.15) is 0 Å². The third-order valence-corrected chi connectivity index (χ3v) is 3.93. The Morgan fingerprint density at radius 2 is 2.00 bits per heavy atom. The molecule has 0 atom stereocenters. The highest BCUT2D eigenvalue weighted by Crippen LogP contribution is 2.29. The molecule has 0 bridgehead atoms. The molecule has 0 fully saturated rings. The Hall–Kier alpha value is -1.03. The van der Waals surface area contributed by atoms with Crippen LogP contribution in [0.1, 0.15) is 11.1 Å². The second-order valence-corrected chi connectivity index (χ2v) is 5.65. The molecular formula is C13H15ClN2S. The minimum atomic E-state index is 0.586. The summed E-state index contributed by atoms with van der Waals surface area (Å²) in [5, 5.41) is 1.17. The van der Waals surface area contributed by atoms with E-state index in [0.717, 1.165) is 10.9 Å². The van der Waals surface area contributed by atoms with Gasteiger partial charge in [0.2, 0.25) is 0 Å². The summed E-state index contributed by atoms with van der Waals surface area (Å²) >= 11 is 7.52. The van der Waals surface area contributed by atoms with Crippen LogP contribution >= 0.6 is 22.9 Å². The smallest absolute Gasteiger partial charge is 0.0950 e. The summed E-state index contributed by atoms with van der Waals surface area (Å²) in [6.07, 6.45) is 0. The maximum absolute atomic E-state index is 5.93. The summed E-state index contributed by atoms with van der Waals surface area (Å²) in [5.74, 6) is 0. The first-order valence-corrected chi connectivity index (χ1v) is 6.63. The van der Waals surface area contributed by atoms with Crippen LogP contribution in [0.2, 0.25) is 4.34 Å². The molecule has 0 aliphatic heterocycles. The SMILES string of the molecule is CN(Cc1cccc(CN)c1)c1ccc(Cl)s1. The van der Waals surface area contributed by atoms with Crippen LogP contribution in [0.4, 0.5) is 5.00 Å². The van der Waals surface area contributed by atoms with Gasteiger partial charge in [0.25, 0.3) is 0 Å². The van der Waals surface area contributed by atoms with E-state index in [-0.39, 0.29) is 0 Å². The summed E-state index contributed by atoms with van der Waals surface area (Å²) in [7, 11) is 2.07. The highest BCUT2D eigenvalue weighted by Gasteiger charge is 2.05. The number of hydrogen-bond donors (Lipinski definition) is 1. The van der Waals surface area contributed by atoms with Crippen LogP contribution in [0, 0.1) is 0 Å². The fraction of sp³-hybridized carbons (Fsp3) is 0.231. The third-order valence-electron chi connectivity index (χ3n) is 2.58. The maximum Gasteiger partial charge on any atom is 0.0950 e. The first-order valence-electron chi connectivity index (χ1n) is 5.43. The molecular weight excluding hydrogens is 252 g/mol. The van der Waals surface area contributed by atoms with Crippen LogP contribution < -0.4 is 10.6 Å². The van der Waals surface area contributed by atoms with E-state index in [1.165, 1.54) is 16.1 Å². The van der Waals surface area contributed by atoms with Crippen molar-refractivity contribution < 1.29 is 0 Å². The molecule has 2 N–H and O–H groups in total. The fourth-order valence-corrected chi connectivity index (χ4v) is 2.71. The highest BCUT2D eigenvalue weighted by molar-refractivity contribution is 7.19. The lowest BCUT2D eigenvalue weighted by atomic mass is 10.1. The number of thiophene rings is 1. The van der Waals surface area contributed by atoms with Crippen LogP contribution in [0.5, 0.6) is 0 Å². The standard InChI is InChI=1S/C13H15ClN2S/c1-16(13-6-5-12(14)17-13)9-11-4-2-3-10(7-11)8-15/h2-7H,8-9,15H2,1H3. The average molecular weight is 267 g/mol. The van der Waals surface area contributed by atoms with Gasteiger partial charge in [0.15, 0.2) is 0 Å². The van der Waals surface area contributed by atoms with Gasteiger partial charge in [0, 0.05) is 20.1 Å². The molecule has 0 aliphatic carbocycles. The molecule has 2 nitrogen and oxygen atoms in total. The predicted molar refractivity (Wildman–Crippen MR) is 75.8 cm³/mol. The van der Waals surface area contributed by atoms with Gasteiger partial charge in [-0.2, -0.15) is 0 Å². The van der Waals surface area contributed by atoms with Crippen molar-refractivity contribution in [3.63, 3.8) is 0 Å². The number of benzene rings is 1. The average Bonchev–Trinajstić information content (AvgIpc) is 2.76. The van der Waals surface area contributed by atoms with E-state index in [1.807, 2.05) is 24.3 Å². The number of rotatable bonds is 4. The van der Waals surface area contributed by atoms with Gasteiger partial charge in [-0.1, -0.05) is 35.9 Å². The first kappa shape index (κ1) is 12.4. The van der Waals surface area contributed by atoms with Crippen molar-refractivity contribution in [2.45, 2.75) is 13.1 Å². The van der Waals surface area contributed by atoms with E-state index < -0.39 is 0 Å². The van der Waals surface area contributed by atoms with Gasteiger partial charge >= 0.3 is 0 Å². The summed E-state index contributed by atoms with van der Waals surface area (Å²) in [6, 6.07) is 12.3. The minimum Gasteiger partial charge on any atom is -0.362 e. The zero-order valence-electron chi connectivity index (χ0n) is 9.69. The van der Waals surface area contributed by atoms with Gasteiger partial charge in [-0.3, -0.25) is 0 Å². The second kappa shape index (κ2) is 5.54. The Labute approximate surface area is 111 Å². The highest BCUT2D eigenvalue weighted by atomic mass is 35.5. The van der Waals surface area contributed by atoms with Crippen molar-refractivity contribution in [1.82, 2.24) is 0 Å². The predicted octanol–water partition coefficient (Wildman–Crippen LogP) is 3.50. The van der Waals surface area contributed by atoms with E-state index in [2.05, 4.69) is 24.1 Å². The number of nitrogens with zero attached hydrogens (tertiary/aromatic N) is 1. The lowest BCUT2D eigenvalue weighted by Gasteiger charge is -2.17. The molecule has 0 amide bonds. The molecule has 1 heterocycles. The normalized spacial score (nSPS) is 10.5. The van der Waals surface area contributed by atoms with E-state index in [0.29, 0.717) is 6.54 Å². The van der Waals surface area contributed by atoms with E-state index >= 15 is 0 Å². The van der Waals surface area contributed by atoms with Crippen molar-refractivity contribution in [1.29, 1.82) is 0 Å².